The van der Waals surface area contributed by atoms with E-state index in [-0.39, 0.29) is 31.3 Å². The summed E-state index contributed by atoms with van der Waals surface area (Å²) >= 11 is 0. The average Bonchev–Trinajstić information content (AvgIpc) is 2.77. The van der Waals surface area contributed by atoms with Crippen molar-refractivity contribution >= 4 is 29.7 Å². The molecule has 0 radical (unpaired) electrons. The van der Waals surface area contributed by atoms with Crippen molar-refractivity contribution in [1.82, 2.24) is 10.2 Å². The summed E-state index contributed by atoms with van der Waals surface area (Å²) < 4.78 is 5.19. The Kier molecular flexibility index (Phi) is 3.69. The van der Waals surface area contributed by atoms with E-state index in [9.17, 15) is 19.2 Å². The Morgan fingerprint density at radius 1 is 1.30 bits per heavy atom. The van der Waals surface area contributed by atoms with Crippen LogP contribution in [-0.4, -0.2) is 41.6 Å². The lowest BCUT2D eigenvalue weighted by molar-refractivity contribution is -0.136. The van der Waals surface area contributed by atoms with Gasteiger partial charge in [-0.2, -0.15) is 0 Å². The summed E-state index contributed by atoms with van der Waals surface area (Å²) in [5, 5.41) is 2.24. The van der Waals surface area contributed by atoms with Crippen LogP contribution in [0.25, 0.3) is 5.70 Å². The van der Waals surface area contributed by atoms with Gasteiger partial charge >= 0.3 is 0 Å². The molecular formula is C16H14N2O5. The maximum atomic E-state index is 12.6. The van der Waals surface area contributed by atoms with Gasteiger partial charge in [0, 0.05) is 17.7 Å². The number of amides is 3. The lowest BCUT2D eigenvalue weighted by Gasteiger charge is -2.30. The zero-order valence-corrected chi connectivity index (χ0v) is 12.2. The second kappa shape index (κ2) is 5.68. The smallest absolute Gasteiger partial charge is 0.259 e. The van der Waals surface area contributed by atoms with Crippen LogP contribution >= 0.6 is 0 Å². The minimum absolute atomic E-state index is 0.106. The number of nitrogens with zero attached hydrogens (tertiary/aromatic N) is 1. The Labute approximate surface area is 131 Å². The summed E-state index contributed by atoms with van der Waals surface area (Å²) in [6.07, 6.45) is 1.05. The highest BCUT2D eigenvalue weighted by atomic mass is 16.5. The molecule has 2 aliphatic rings. The van der Waals surface area contributed by atoms with Crippen molar-refractivity contribution in [2.45, 2.75) is 18.9 Å². The van der Waals surface area contributed by atoms with Crippen LogP contribution in [0.2, 0.25) is 0 Å². The lowest BCUT2D eigenvalue weighted by atomic mass is 10.0. The van der Waals surface area contributed by atoms with Crippen LogP contribution in [0.4, 0.5) is 0 Å². The topological polar surface area (TPSA) is 92.8 Å². The number of fused-ring (bicyclic) bond motifs is 1. The van der Waals surface area contributed by atoms with Gasteiger partial charge in [0.05, 0.1) is 5.56 Å². The van der Waals surface area contributed by atoms with Gasteiger partial charge in [0.25, 0.3) is 5.91 Å². The van der Waals surface area contributed by atoms with Gasteiger partial charge in [-0.15, -0.1) is 0 Å². The van der Waals surface area contributed by atoms with E-state index in [2.05, 4.69) is 11.9 Å². The minimum Gasteiger partial charge on any atom is -0.486 e. The first-order valence-electron chi connectivity index (χ1n) is 7.10. The first-order valence-corrected chi connectivity index (χ1v) is 7.10. The van der Waals surface area contributed by atoms with Gasteiger partial charge in [-0.1, -0.05) is 6.58 Å². The van der Waals surface area contributed by atoms with E-state index in [1.54, 1.807) is 12.1 Å². The number of benzene rings is 1. The Balaban J connectivity index is 1.89. The molecule has 2 aliphatic heterocycles. The third kappa shape index (κ3) is 2.50. The number of aldehydes is 1. The molecule has 2 heterocycles. The number of piperidine rings is 1. The minimum atomic E-state index is -0.751. The van der Waals surface area contributed by atoms with Crippen LogP contribution in [0.3, 0.4) is 0 Å². The molecule has 3 rings (SSSR count). The average molecular weight is 314 g/mol. The zero-order valence-electron chi connectivity index (χ0n) is 12.2. The van der Waals surface area contributed by atoms with Crippen molar-refractivity contribution < 1.29 is 23.9 Å². The molecule has 1 aromatic carbocycles. The predicted molar refractivity (Wildman–Crippen MR) is 79.4 cm³/mol. The summed E-state index contributed by atoms with van der Waals surface area (Å²) in [4.78, 5) is 47.6. The summed E-state index contributed by atoms with van der Waals surface area (Å²) in [5.74, 6) is -0.815. The molecule has 1 fully saturated rings. The molecule has 1 aromatic rings. The molecule has 23 heavy (non-hydrogen) atoms. The van der Waals surface area contributed by atoms with Crippen LogP contribution < -0.4 is 10.1 Å². The number of ether oxygens (including phenoxy) is 1. The standard InChI is InChI=1S/C16H14N2O5/c1-9-11-3-2-10(23-7-6-19)8-12(11)16(22)18(9)13-4-5-14(20)17-15(13)21/h2-3,6,8,13H,1,4-5,7H2,(H,17,20,21). The van der Waals surface area contributed by atoms with Crippen LogP contribution in [0.5, 0.6) is 5.75 Å². The molecule has 0 aliphatic carbocycles. The van der Waals surface area contributed by atoms with E-state index in [0.717, 1.165) is 0 Å². The van der Waals surface area contributed by atoms with Crippen molar-refractivity contribution in [2.24, 2.45) is 0 Å². The van der Waals surface area contributed by atoms with E-state index in [0.29, 0.717) is 28.9 Å². The van der Waals surface area contributed by atoms with Crippen molar-refractivity contribution in [3.05, 3.63) is 35.9 Å². The zero-order chi connectivity index (χ0) is 16.6. The highest BCUT2D eigenvalue weighted by Crippen LogP contribution is 2.36. The Bertz CT molecular complexity index is 740. The highest BCUT2D eigenvalue weighted by Gasteiger charge is 2.41. The number of hydrogen-bond donors (Lipinski definition) is 1. The molecule has 1 atom stereocenters. The highest BCUT2D eigenvalue weighted by molar-refractivity contribution is 6.12. The van der Waals surface area contributed by atoms with Gasteiger partial charge in [0.2, 0.25) is 11.8 Å². The fourth-order valence-electron chi connectivity index (χ4n) is 2.81. The van der Waals surface area contributed by atoms with Crippen LogP contribution in [0, 0.1) is 0 Å². The summed E-state index contributed by atoms with van der Waals surface area (Å²) in [6, 6.07) is 4.08. The summed E-state index contributed by atoms with van der Waals surface area (Å²) in [6.45, 7) is 3.78. The number of hydrogen-bond acceptors (Lipinski definition) is 5. The fourth-order valence-corrected chi connectivity index (χ4v) is 2.81. The van der Waals surface area contributed by atoms with Crippen molar-refractivity contribution in [2.75, 3.05) is 6.61 Å². The molecule has 7 nitrogen and oxygen atoms in total. The molecule has 0 spiro atoms. The third-order valence-corrected chi connectivity index (χ3v) is 3.88. The molecule has 3 amide bonds. The molecule has 0 bridgehead atoms. The number of carbonyl (C=O) groups excluding carboxylic acids is 4. The molecule has 1 unspecified atom stereocenters. The predicted octanol–water partition coefficient (Wildman–Crippen LogP) is 0.496. The van der Waals surface area contributed by atoms with E-state index < -0.39 is 11.9 Å². The third-order valence-electron chi connectivity index (χ3n) is 3.88. The number of carbonyl (C=O) groups is 4. The summed E-state index contributed by atoms with van der Waals surface area (Å²) in [5.41, 5.74) is 1.39. The van der Waals surface area contributed by atoms with Crippen LogP contribution in [-0.2, 0) is 14.4 Å². The van der Waals surface area contributed by atoms with Gasteiger partial charge < -0.3 is 4.74 Å². The number of imide groups is 1. The molecule has 0 aromatic heterocycles. The first-order chi connectivity index (χ1) is 11.0. The van der Waals surface area contributed by atoms with Crippen molar-refractivity contribution in [3.8, 4) is 5.75 Å². The quantitative estimate of drug-likeness (QED) is 0.645. The second-order valence-electron chi connectivity index (χ2n) is 5.27. The molecular weight excluding hydrogens is 300 g/mol. The summed E-state index contributed by atoms with van der Waals surface area (Å²) in [7, 11) is 0. The SMILES string of the molecule is C=C1c2ccc(OCC=O)cc2C(=O)N1C1CCC(=O)NC1=O. The molecule has 118 valence electrons. The molecule has 0 saturated carbocycles. The molecule has 1 N–H and O–H groups in total. The van der Waals surface area contributed by atoms with Gasteiger partial charge in [-0.05, 0) is 24.6 Å². The van der Waals surface area contributed by atoms with Gasteiger partial charge in [-0.3, -0.25) is 29.4 Å². The monoisotopic (exact) mass is 314 g/mol. The lowest BCUT2D eigenvalue weighted by Crippen LogP contribution is -2.52. The van der Waals surface area contributed by atoms with Crippen molar-refractivity contribution in [1.29, 1.82) is 0 Å². The van der Waals surface area contributed by atoms with Gasteiger partial charge in [-0.25, -0.2) is 0 Å². The Hall–Kier alpha value is -2.96. The molecule has 7 heteroatoms. The molecule has 1 saturated heterocycles. The van der Waals surface area contributed by atoms with Crippen LogP contribution in [0.1, 0.15) is 28.8 Å². The second-order valence-corrected chi connectivity index (χ2v) is 5.27. The van der Waals surface area contributed by atoms with E-state index in [1.807, 2.05) is 0 Å². The number of rotatable bonds is 4. The Morgan fingerprint density at radius 2 is 2.09 bits per heavy atom. The van der Waals surface area contributed by atoms with E-state index in [1.165, 1.54) is 11.0 Å². The number of nitrogens with one attached hydrogen (secondary N) is 1. The van der Waals surface area contributed by atoms with Gasteiger partial charge in [0.15, 0.2) is 6.29 Å². The Morgan fingerprint density at radius 3 is 2.78 bits per heavy atom. The normalized spacial score (nSPS) is 20.3. The van der Waals surface area contributed by atoms with Gasteiger partial charge in [0.1, 0.15) is 18.4 Å². The maximum Gasteiger partial charge on any atom is 0.259 e. The van der Waals surface area contributed by atoms with Crippen LogP contribution in [0.15, 0.2) is 24.8 Å². The first kappa shape index (κ1) is 15.0. The van der Waals surface area contributed by atoms with E-state index >= 15 is 0 Å². The van der Waals surface area contributed by atoms with E-state index in [4.69, 9.17) is 4.74 Å². The van der Waals surface area contributed by atoms with Crippen molar-refractivity contribution in [3.63, 3.8) is 0 Å². The fraction of sp³-hybridized carbons (Fsp3) is 0.250. The maximum absolute atomic E-state index is 12.6. The largest absolute Gasteiger partial charge is 0.486 e.